The van der Waals surface area contributed by atoms with Crippen LogP contribution >= 0.6 is 0 Å². The second-order valence-electron chi connectivity index (χ2n) is 14.1. The molecule has 0 amide bonds. The van der Waals surface area contributed by atoms with Gasteiger partial charge in [0.25, 0.3) is 10.1 Å². The molecule has 0 aliphatic heterocycles. The Labute approximate surface area is 294 Å². The Balaban J connectivity index is 1.37. The van der Waals surface area contributed by atoms with Crippen LogP contribution in [0.2, 0.25) is 0 Å². The summed E-state index contributed by atoms with van der Waals surface area (Å²) in [5.74, 6) is 1.15. The van der Waals surface area contributed by atoms with Crippen LogP contribution in [0.3, 0.4) is 0 Å². The molecular formula is C42H54O6S. The van der Waals surface area contributed by atoms with Crippen LogP contribution in [0.25, 0.3) is 22.3 Å². The third kappa shape index (κ3) is 10.3. The first-order valence-electron chi connectivity index (χ1n) is 17.4. The summed E-state index contributed by atoms with van der Waals surface area (Å²) in [6, 6.07) is 30.7. The van der Waals surface area contributed by atoms with Gasteiger partial charge in [0, 0.05) is 17.5 Å². The minimum Gasteiger partial charge on any atom is -0.490 e. The first kappa shape index (κ1) is 38.3. The molecule has 1 unspecified atom stereocenters. The Morgan fingerprint density at radius 1 is 0.633 bits per heavy atom. The normalized spacial score (nSPS) is 13.0. The first-order chi connectivity index (χ1) is 23.2. The number of ether oxygens (including phenoxy) is 3. The van der Waals surface area contributed by atoms with Crippen molar-refractivity contribution >= 4 is 10.1 Å². The van der Waals surface area contributed by atoms with E-state index in [0.29, 0.717) is 30.4 Å². The number of rotatable bonds is 17. The van der Waals surface area contributed by atoms with Crippen molar-refractivity contribution in [2.45, 2.75) is 103 Å². The first-order valence-corrected chi connectivity index (χ1v) is 18.8. The maximum absolute atomic E-state index is 13.7. The Bertz CT molecular complexity index is 1660. The Hall–Kier alpha value is -3.49. The highest BCUT2D eigenvalue weighted by Gasteiger charge is 2.29. The van der Waals surface area contributed by atoms with E-state index in [1.807, 2.05) is 97.0 Å². The summed E-state index contributed by atoms with van der Waals surface area (Å²) in [7, 11) is -4.00. The van der Waals surface area contributed by atoms with Gasteiger partial charge in [-0.25, -0.2) is 0 Å². The Morgan fingerprint density at radius 3 is 1.61 bits per heavy atom. The minimum atomic E-state index is -4.00. The van der Waals surface area contributed by atoms with Gasteiger partial charge in [-0.15, -0.1) is 0 Å². The average molecular weight is 687 g/mol. The molecule has 0 aliphatic rings. The Kier molecular flexibility index (Phi) is 13.3. The number of benzene rings is 4. The van der Waals surface area contributed by atoms with Crippen molar-refractivity contribution in [3.63, 3.8) is 0 Å². The minimum absolute atomic E-state index is 0.00923. The zero-order chi connectivity index (χ0) is 35.8. The van der Waals surface area contributed by atoms with Gasteiger partial charge in [-0.2, -0.15) is 8.42 Å². The van der Waals surface area contributed by atoms with Crippen molar-refractivity contribution < 1.29 is 26.8 Å². The van der Waals surface area contributed by atoms with Gasteiger partial charge < -0.3 is 14.2 Å². The molecule has 0 aliphatic carbocycles. The van der Waals surface area contributed by atoms with Gasteiger partial charge in [0.2, 0.25) is 0 Å². The molecule has 7 heteroatoms. The third-order valence-corrected chi connectivity index (χ3v) is 10.1. The van der Waals surface area contributed by atoms with E-state index >= 15 is 0 Å². The Morgan fingerprint density at radius 2 is 1.14 bits per heavy atom. The van der Waals surface area contributed by atoms with Gasteiger partial charge in [-0.1, -0.05) is 133 Å². The SMILES string of the molecule is CC(OCCOc1c(-c2ccccc2)cccc1-c1ccccc1)OC(C)(C)CCOS(=O)(=O)c1c(C(C)C)cc(C(C)C)cc1C(C)C. The van der Waals surface area contributed by atoms with Crippen molar-refractivity contribution in [3.8, 4) is 28.0 Å². The summed E-state index contributed by atoms with van der Waals surface area (Å²) in [4.78, 5) is 0.307. The molecule has 264 valence electrons. The predicted octanol–water partition coefficient (Wildman–Crippen LogP) is 10.7. The van der Waals surface area contributed by atoms with Gasteiger partial charge in [-0.3, -0.25) is 4.18 Å². The lowest BCUT2D eigenvalue weighted by Gasteiger charge is -2.29. The zero-order valence-electron chi connectivity index (χ0n) is 30.7. The summed E-state index contributed by atoms with van der Waals surface area (Å²) in [5, 5.41) is 0. The molecule has 0 bridgehead atoms. The molecule has 0 N–H and O–H groups in total. The van der Waals surface area contributed by atoms with Crippen LogP contribution < -0.4 is 4.74 Å². The molecule has 4 aromatic rings. The van der Waals surface area contributed by atoms with Crippen molar-refractivity contribution in [3.05, 3.63) is 108 Å². The third-order valence-electron chi connectivity index (χ3n) is 8.62. The molecule has 0 radical (unpaired) electrons. The molecule has 4 rings (SSSR count). The summed E-state index contributed by atoms with van der Waals surface area (Å²) >= 11 is 0. The van der Waals surface area contributed by atoms with E-state index in [1.165, 1.54) is 0 Å². The van der Waals surface area contributed by atoms with E-state index in [9.17, 15) is 8.42 Å². The van der Waals surface area contributed by atoms with E-state index < -0.39 is 22.0 Å². The average Bonchev–Trinajstić information content (AvgIpc) is 3.06. The molecule has 0 spiro atoms. The number of hydrogen-bond donors (Lipinski definition) is 0. The molecule has 49 heavy (non-hydrogen) atoms. The van der Waals surface area contributed by atoms with E-state index in [2.05, 4.69) is 56.3 Å². The van der Waals surface area contributed by atoms with Gasteiger partial charge in [0.15, 0.2) is 6.29 Å². The molecule has 0 saturated heterocycles. The lowest BCUT2D eigenvalue weighted by molar-refractivity contribution is -0.196. The van der Waals surface area contributed by atoms with Crippen molar-refractivity contribution in [1.29, 1.82) is 0 Å². The molecule has 0 saturated carbocycles. The summed E-state index contributed by atoms with van der Waals surface area (Å²) in [6.07, 6.45) is -0.184. The number of hydrogen-bond acceptors (Lipinski definition) is 6. The molecule has 6 nitrogen and oxygen atoms in total. The van der Waals surface area contributed by atoms with Gasteiger partial charge >= 0.3 is 0 Å². The largest absolute Gasteiger partial charge is 0.490 e. The van der Waals surface area contributed by atoms with E-state index in [1.54, 1.807) is 0 Å². The maximum Gasteiger partial charge on any atom is 0.297 e. The summed E-state index contributed by atoms with van der Waals surface area (Å²) < 4.78 is 51.7. The molecule has 0 fully saturated rings. The standard InChI is InChI=1S/C42H54O6S/c1-29(2)35-27-38(30(3)4)41(39(28-35)31(5)6)49(43,44)47-24-23-42(8,9)48-32(7)45-25-26-46-40-36(33-17-12-10-13-18-33)21-16-22-37(40)34-19-14-11-15-20-34/h10-22,27-32H,23-26H2,1-9H3. The molecule has 0 heterocycles. The van der Waals surface area contributed by atoms with Crippen molar-refractivity contribution in [2.75, 3.05) is 19.8 Å². The van der Waals surface area contributed by atoms with Crippen molar-refractivity contribution in [2.24, 2.45) is 0 Å². The maximum atomic E-state index is 13.7. The zero-order valence-corrected chi connectivity index (χ0v) is 31.5. The quantitative estimate of drug-likeness (QED) is 0.0625. The van der Waals surface area contributed by atoms with Gasteiger partial charge in [0.1, 0.15) is 17.3 Å². The van der Waals surface area contributed by atoms with Crippen molar-refractivity contribution in [1.82, 2.24) is 0 Å². The highest BCUT2D eigenvalue weighted by Crippen LogP contribution is 2.39. The molecule has 0 aromatic heterocycles. The topological polar surface area (TPSA) is 71.1 Å². The van der Waals surface area contributed by atoms with E-state index in [-0.39, 0.29) is 18.4 Å². The fourth-order valence-corrected chi connectivity index (χ4v) is 7.50. The highest BCUT2D eigenvalue weighted by atomic mass is 32.2. The molecule has 1 atom stereocenters. The van der Waals surface area contributed by atoms with Crippen LogP contribution in [0.1, 0.15) is 103 Å². The predicted molar refractivity (Wildman–Crippen MR) is 200 cm³/mol. The van der Waals surface area contributed by atoms with Crippen LogP contribution in [-0.2, 0) is 23.8 Å². The second kappa shape index (κ2) is 16.9. The second-order valence-corrected chi connectivity index (χ2v) is 15.6. The summed E-state index contributed by atoms with van der Waals surface area (Å²) in [5.41, 5.74) is 6.23. The highest BCUT2D eigenvalue weighted by molar-refractivity contribution is 7.86. The van der Waals surface area contributed by atoms with Crippen LogP contribution in [0.15, 0.2) is 95.9 Å². The monoisotopic (exact) mass is 686 g/mol. The fourth-order valence-electron chi connectivity index (χ4n) is 5.92. The van der Waals surface area contributed by atoms with Gasteiger partial charge in [-0.05, 0) is 66.3 Å². The number of para-hydroxylation sites is 1. The van der Waals surface area contributed by atoms with Crippen LogP contribution in [0.4, 0.5) is 0 Å². The van der Waals surface area contributed by atoms with Gasteiger partial charge in [0.05, 0.1) is 18.8 Å². The van der Waals surface area contributed by atoms with E-state index in [4.69, 9.17) is 18.4 Å². The molecule has 4 aromatic carbocycles. The van der Waals surface area contributed by atoms with E-state index in [0.717, 1.165) is 44.7 Å². The molecular weight excluding hydrogens is 633 g/mol. The fraction of sp³-hybridized carbons (Fsp3) is 0.429. The lowest BCUT2D eigenvalue weighted by atomic mass is 9.89. The smallest absolute Gasteiger partial charge is 0.297 e. The summed E-state index contributed by atoms with van der Waals surface area (Å²) in [6.45, 7) is 18.6. The van der Waals surface area contributed by atoms with Crippen LogP contribution in [0, 0.1) is 0 Å². The van der Waals surface area contributed by atoms with Crippen LogP contribution in [0.5, 0.6) is 5.75 Å². The van der Waals surface area contributed by atoms with Crippen LogP contribution in [-0.4, -0.2) is 40.1 Å². The lowest BCUT2D eigenvalue weighted by Crippen LogP contribution is -2.33.